The molecule has 1 aromatic rings. The molecule has 0 spiro atoms. The fraction of sp³-hybridized carbons (Fsp3) is 0.533. The van der Waals surface area contributed by atoms with E-state index in [1.807, 2.05) is 13.8 Å². The minimum Gasteiger partial charge on any atom is -0.479 e. The van der Waals surface area contributed by atoms with Crippen LogP contribution in [-0.4, -0.2) is 42.1 Å². The van der Waals surface area contributed by atoms with Gasteiger partial charge in [-0.15, -0.1) is 0 Å². The lowest BCUT2D eigenvalue weighted by molar-refractivity contribution is -0.139. The molecule has 3 atom stereocenters. The number of carbonyl (C=O) groups excluding carboxylic acids is 1. The van der Waals surface area contributed by atoms with E-state index in [1.54, 1.807) is 11.8 Å². The average Bonchev–Trinajstić information content (AvgIpc) is 2.40. The van der Waals surface area contributed by atoms with Crippen molar-refractivity contribution in [2.24, 2.45) is 0 Å². The standard InChI is InChI=1S/C15H20ClFN2O2/c1-9-7-19(8-10(2)18-9)15(20)11(3)21-14-5-4-12(17)6-13(14)16/h4-6,9-11,18H,7-8H2,1-3H3/t9-,10+,11-/m1/s1. The van der Waals surface area contributed by atoms with Gasteiger partial charge in [0.25, 0.3) is 5.91 Å². The van der Waals surface area contributed by atoms with Crippen molar-refractivity contribution in [3.63, 3.8) is 0 Å². The van der Waals surface area contributed by atoms with Crippen molar-refractivity contribution < 1.29 is 13.9 Å². The zero-order valence-corrected chi connectivity index (χ0v) is 13.2. The number of rotatable bonds is 3. The van der Waals surface area contributed by atoms with Crippen LogP contribution in [0.5, 0.6) is 5.75 Å². The molecule has 0 radical (unpaired) electrons. The van der Waals surface area contributed by atoms with E-state index in [0.717, 1.165) is 0 Å². The smallest absolute Gasteiger partial charge is 0.263 e. The lowest BCUT2D eigenvalue weighted by Crippen LogP contribution is -2.57. The molecule has 4 nitrogen and oxygen atoms in total. The molecule has 0 aromatic heterocycles. The van der Waals surface area contributed by atoms with Gasteiger partial charge in [-0.3, -0.25) is 4.79 Å². The van der Waals surface area contributed by atoms with Gasteiger partial charge in [-0.2, -0.15) is 0 Å². The number of benzene rings is 1. The Morgan fingerprint density at radius 3 is 2.62 bits per heavy atom. The van der Waals surface area contributed by atoms with Crippen LogP contribution in [0.4, 0.5) is 4.39 Å². The molecule has 1 heterocycles. The topological polar surface area (TPSA) is 41.6 Å². The zero-order valence-electron chi connectivity index (χ0n) is 12.4. The molecule has 0 aliphatic carbocycles. The molecule has 2 rings (SSSR count). The molecule has 1 aliphatic rings. The van der Waals surface area contributed by atoms with Gasteiger partial charge in [0.1, 0.15) is 11.6 Å². The van der Waals surface area contributed by atoms with Crippen LogP contribution in [0.2, 0.25) is 5.02 Å². The summed E-state index contributed by atoms with van der Waals surface area (Å²) in [6.07, 6.45) is -0.662. The molecular formula is C15H20ClFN2O2. The van der Waals surface area contributed by atoms with Crippen molar-refractivity contribution in [3.05, 3.63) is 29.0 Å². The SMILES string of the molecule is C[C@@H]1CN(C(=O)[C@@H](C)Oc2ccc(F)cc2Cl)C[C@H](C)N1. The molecule has 1 fully saturated rings. The maximum Gasteiger partial charge on any atom is 0.263 e. The summed E-state index contributed by atoms with van der Waals surface area (Å²) in [6, 6.07) is 4.36. The molecule has 1 aliphatic heterocycles. The van der Waals surface area contributed by atoms with Crippen LogP contribution in [0.1, 0.15) is 20.8 Å². The second-order valence-corrected chi connectivity index (χ2v) is 5.95. The van der Waals surface area contributed by atoms with Gasteiger partial charge in [-0.05, 0) is 39.0 Å². The Hall–Kier alpha value is -1.33. The van der Waals surface area contributed by atoms with E-state index in [1.165, 1.54) is 18.2 Å². The number of nitrogens with one attached hydrogen (secondary N) is 1. The Morgan fingerprint density at radius 2 is 2.05 bits per heavy atom. The highest BCUT2D eigenvalue weighted by Crippen LogP contribution is 2.26. The van der Waals surface area contributed by atoms with Crippen LogP contribution in [0.15, 0.2) is 18.2 Å². The van der Waals surface area contributed by atoms with Gasteiger partial charge in [0, 0.05) is 25.2 Å². The second kappa shape index (κ2) is 6.62. The minimum absolute atomic E-state index is 0.0874. The van der Waals surface area contributed by atoms with Gasteiger partial charge >= 0.3 is 0 Å². The predicted molar refractivity (Wildman–Crippen MR) is 80.1 cm³/mol. The summed E-state index contributed by atoms with van der Waals surface area (Å²) >= 11 is 5.91. The molecule has 1 N–H and O–H groups in total. The van der Waals surface area contributed by atoms with Crippen molar-refractivity contribution in [3.8, 4) is 5.75 Å². The number of nitrogens with zero attached hydrogens (tertiary/aromatic N) is 1. The first-order valence-electron chi connectivity index (χ1n) is 7.03. The van der Waals surface area contributed by atoms with Gasteiger partial charge in [0.15, 0.2) is 6.10 Å². The van der Waals surface area contributed by atoms with E-state index in [9.17, 15) is 9.18 Å². The first kappa shape index (κ1) is 16.0. The highest BCUT2D eigenvalue weighted by molar-refractivity contribution is 6.32. The summed E-state index contributed by atoms with van der Waals surface area (Å²) < 4.78 is 18.6. The third-order valence-corrected chi connectivity index (χ3v) is 3.71. The lowest BCUT2D eigenvalue weighted by Gasteiger charge is -2.37. The van der Waals surface area contributed by atoms with Crippen molar-refractivity contribution in [1.82, 2.24) is 10.2 Å². The van der Waals surface area contributed by atoms with Gasteiger partial charge in [-0.1, -0.05) is 11.6 Å². The molecule has 0 saturated carbocycles. The van der Waals surface area contributed by atoms with Crippen LogP contribution in [0.25, 0.3) is 0 Å². The van der Waals surface area contributed by atoms with Crippen molar-refractivity contribution in [1.29, 1.82) is 0 Å². The van der Waals surface area contributed by atoms with Crippen molar-refractivity contribution in [2.45, 2.75) is 39.0 Å². The van der Waals surface area contributed by atoms with Crippen LogP contribution in [0.3, 0.4) is 0 Å². The lowest BCUT2D eigenvalue weighted by atomic mass is 10.1. The fourth-order valence-corrected chi connectivity index (χ4v) is 2.79. The normalized spacial score (nSPS) is 23.8. The van der Waals surface area contributed by atoms with Crippen molar-refractivity contribution >= 4 is 17.5 Å². The van der Waals surface area contributed by atoms with E-state index < -0.39 is 11.9 Å². The molecule has 0 bridgehead atoms. The van der Waals surface area contributed by atoms with Crippen LogP contribution < -0.4 is 10.1 Å². The average molecular weight is 315 g/mol. The van der Waals surface area contributed by atoms with E-state index in [2.05, 4.69) is 5.32 Å². The molecule has 1 saturated heterocycles. The predicted octanol–water partition coefficient (Wildman–Crippen LogP) is 2.46. The van der Waals surface area contributed by atoms with Crippen LogP contribution in [0, 0.1) is 5.82 Å². The van der Waals surface area contributed by atoms with Gasteiger partial charge < -0.3 is 15.0 Å². The number of amides is 1. The highest BCUT2D eigenvalue weighted by atomic mass is 35.5. The molecule has 1 aromatic carbocycles. The maximum atomic E-state index is 13.0. The summed E-state index contributed by atoms with van der Waals surface area (Å²) in [7, 11) is 0. The molecule has 116 valence electrons. The van der Waals surface area contributed by atoms with E-state index in [4.69, 9.17) is 16.3 Å². The molecule has 21 heavy (non-hydrogen) atoms. The highest BCUT2D eigenvalue weighted by Gasteiger charge is 2.29. The number of hydrogen-bond acceptors (Lipinski definition) is 3. The van der Waals surface area contributed by atoms with Gasteiger partial charge in [0.2, 0.25) is 0 Å². The summed E-state index contributed by atoms with van der Waals surface area (Å²) in [5.74, 6) is -0.207. The summed E-state index contributed by atoms with van der Waals surface area (Å²) in [6.45, 7) is 7.05. The minimum atomic E-state index is -0.662. The second-order valence-electron chi connectivity index (χ2n) is 5.55. The first-order valence-corrected chi connectivity index (χ1v) is 7.41. The zero-order chi connectivity index (χ0) is 15.6. The summed E-state index contributed by atoms with van der Waals surface area (Å²) in [4.78, 5) is 14.2. The van der Waals surface area contributed by atoms with E-state index >= 15 is 0 Å². The largest absolute Gasteiger partial charge is 0.479 e. The Balaban J connectivity index is 2.02. The summed E-state index contributed by atoms with van der Waals surface area (Å²) in [5, 5.41) is 3.53. The monoisotopic (exact) mass is 314 g/mol. The number of ether oxygens (including phenoxy) is 1. The molecule has 0 unspecified atom stereocenters. The Labute approximate surface area is 129 Å². The molecule has 1 amide bonds. The van der Waals surface area contributed by atoms with E-state index in [-0.39, 0.29) is 23.0 Å². The Kier molecular flexibility index (Phi) is 5.06. The summed E-state index contributed by atoms with van der Waals surface area (Å²) in [5.41, 5.74) is 0. The van der Waals surface area contributed by atoms with Gasteiger partial charge in [-0.25, -0.2) is 4.39 Å². The van der Waals surface area contributed by atoms with Crippen LogP contribution in [-0.2, 0) is 4.79 Å². The number of halogens is 2. The molecular weight excluding hydrogens is 295 g/mol. The van der Waals surface area contributed by atoms with Crippen molar-refractivity contribution in [2.75, 3.05) is 13.1 Å². The third-order valence-electron chi connectivity index (χ3n) is 3.41. The Morgan fingerprint density at radius 1 is 1.43 bits per heavy atom. The maximum absolute atomic E-state index is 13.0. The number of hydrogen-bond donors (Lipinski definition) is 1. The number of carbonyl (C=O) groups is 1. The number of piperazine rings is 1. The fourth-order valence-electron chi connectivity index (χ4n) is 2.58. The quantitative estimate of drug-likeness (QED) is 0.932. The van der Waals surface area contributed by atoms with E-state index in [0.29, 0.717) is 18.8 Å². The van der Waals surface area contributed by atoms with Crippen LogP contribution >= 0.6 is 11.6 Å². The Bertz CT molecular complexity index is 516. The van der Waals surface area contributed by atoms with Gasteiger partial charge in [0.05, 0.1) is 5.02 Å². The third kappa shape index (κ3) is 4.08. The molecule has 6 heteroatoms. The first-order chi connectivity index (χ1) is 9.86.